The summed E-state index contributed by atoms with van der Waals surface area (Å²) >= 11 is 2.77. The third-order valence-electron chi connectivity index (χ3n) is 4.42. The average Bonchev–Trinajstić information content (AvgIpc) is 3.16. The number of rotatable bonds is 7. The van der Waals surface area contributed by atoms with E-state index in [2.05, 4.69) is 15.0 Å². The molecule has 31 heavy (non-hydrogen) atoms. The van der Waals surface area contributed by atoms with E-state index in [0.717, 1.165) is 25.8 Å². The summed E-state index contributed by atoms with van der Waals surface area (Å²) in [5.74, 6) is 0.136. The van der Waals surface area contributed by atoms with Gasteiger partial charge >= 0.3 is 0 Å². The van der Waals surface area contributed by atoms with E-state index in [4.69, 9.17) is 0 Å². The van der Waals surface area contributed by atoms with E-state index in [0.29, 0.717) is 5.69 Å². The van der Waals surface area contributed by atoms with Crippen molar-refractivity contribution in [2.24, 2.45) is 0 Å². The summed E-state index contributed by atoms with van der Waals surface area (Å²) in [7, 11) is -3.65. The van der Waals surface area contributed by atoms with Crippen molar-refractivity contribution < 1.29 is 13.2 Å². The maximum atomic E-state index is 12.5. The number of nitrogens with one attached hydrogen (secondary N) is 2. The molecule has 9 heteroatoms. The lowest BCUT2D eigenvalue weighted by Crippen LogP contribution is -2.14. The van der Waals surface area contributed by atoms with Crippen LogP contribution in [0.3, 0.4) is 0 Å². The predicted molar refractivity (Wildman–Crippen MR) is 127 cm³/mol. The Morgan fingerprint density at radius 3 is 2.55 bits per heavy atom. The first-order valence-corrected chi connectivity index (χ1v) is 12.7. The highest BCUT2D eigenvalue weighted by Crippen LogP contribution is 2.32. The van der Waals surface area contributed by atoms with E-state index >= 15 is 0 Å². The summed E-state index contributed by atoms with van der Waals surface area (Å²) in [6.45, 7) is 1.94. The van der Waals surface area contributed by atoms with Crippen LogP contribution in [-0.2, 0) is 14.8 Å². The number of carbonyl (C=O) groups excluding carboxylic acids is 1. The largest absolute Gasteiger partial charge is 0.325 e. The number of thioether (sulfide) groups is 1. The Bertz CT molecular complexity index is 1340. The van der Waals surface area contributed by atoms with Gasteiger partial charge in [0.15, 0.2) is 4.34 Å². The van der Waals surface area contributed by atoms with Gasteiger partial charge in [-0.3, -0.25) is 9.52 Å². The van der Waals surface area contributed by atoms with Gasteiger partial charge in [0.1, 0.15) is 0 Å². The van der Waals surface area contributed by atoms with Gasteiger partial charge in [0, 0.05) is 5.69 Å². The molecule has 0 saturated heterocycles. The van der Waals surface area contributed by atoms with Gasteiger partial charge in [0.2, 0.25) is 5.91 Å². The predicted octanol–water partition coefficient (Wildman–Crippen LogP) is 5.14. The highest BCUT2D eigenvalue weighted by atomic mass is 32.2. The van der Waals surface area contributed by atoms with Crippen LogP contribution in [0.4, 0.5) is 11.4 Å². The molecular formula is C22H19N3O3S3. The average molecular weight is 470 g/mol. The summed E-state index contributed by atoms with van der Waals surface area (Å²) in [4.78, 5) is 17.0. The molecular weight excluding hydrogens is 450 g/mol. The van der Waals surface area contributed by atoms with Crippen LogP contribution in [0, 0.1) is 6.92 Å². The fourth-order valence-corrected chi connectivity index (χ4v) is 5.85. The molecule has 0 aliphatic rings. The van der Waals surface area contributed by atoms with Crippen LogP contribution >= 0.6 is 23.1 Å². The molecule has 1 amide bonds. The first kappa shape index (κ1) is 21.4. The van der Waals surface area contributed by atoms with E-state index in [-0.39, 0.29) is 16.6 Å². The SMILES string of the molecule is Cc1ccccc1NC(=O)CSc1nc2ccc(NS(=O)(=O)c3ccccc3)cc2s1. The van der Waals surface area contributed by atoms with Crippen LogP contribution in [0.1, 0.15) is 5.56 Å². The van der Waals surface area contributed by atoms with E-state index in [9.17, 15) is 13.2 Å². The molecule has 0 radical (unpaired) electrons. The zero-order chi connectivity index (χ0) is 21.8. The van der Waals surface area contributed by atoms with Gasteiger partial charge in [-0.15, -0.1) is 11.3 Å². The van der Waals surface area contributed by atoms with E-state index in [1.165, 1.54) is 23.1 Å². The molecule has 0 unspecified atom stereocenters. The standard InChI is InChI=1S/C22H19N3O3S3/c1-15-7-5-6-10-18(15)23-21(26)14-29-22-24-19-12-11-16(13-20(19)30-22)25-31(27,28)17-8-3-2-4-9-17/h2-13,25H,14H2,1H3,(H,23,26). The molecule has 0 atom stereocenters. The quantitative estimate of drug-likeness (QED) is 0.366. The molecule has 0 aliphatic heterocycles. The summed E-state index contributed by atoms with van der Waals surface area (Å²) in [5.41, 5.74) is 3.03. The highest BCUT2D eigenvalue weighted by Gasteiger charge is 2.15. The van der Waals surface area contributed by atoms with Crippen LogP contribution in [0.15, 0.2) is 82.0 Å². The topological polar surface area (TPSA) is 88.2 Å². The molecule has 1 heterocycles. The van der Waals surface area contributed by atoms with Crippen LogP contribution < -0.4 is 10.0 Å². The minimum absolute atomic E-state index is 0.102. The number of aryl methyl sites for hydroxylation is 1. The molecule has 1 aromatic heterocycles. The zero-order valence-electron chi connectivity index (χ0n) is 16.5. The number of nitrogens with zero attached hydrogens (tertiary/aromatic N) is 1. The molecule has 0 fully saturated rings. The highest BCUT2D eigenvalue weighted by molar-refractivity contribution is 8.01. The molecule has 4 rings (SSSR count). The van der Waals surface area contributed by atoms with Crippen molar-refractivity contribution >= 4 is 60.6 Å². The Morgan fingerprint density at radius 2 is 1.77 bits per heavy atom. The first-order chi connectivity index (χ1) is 14.9. The molecule has 2 N–H and O–H groups in total. The number of benzene rings is 3. The number of anilines is 2. The van der Waals surface area contributed by atoms with Crippen molar-refractivity contribution in [3.63, 3.8) is 0 Å². The number of aromatic nitrogens is 1. The van der Waals surface area contributed by atoms with Gasteiger partial charge in [0.25, 0.3) is 10.0 Å². The molecule has 158 valence electrons. The summed E-state index contributed by atoms with van der Waals surface area (Å²) in [5, 5.41) is 2.91. The monoisotopic (exact) mass is 469 g/mol. The number of carbonyl (C=O) groups is 1. The Hall–Kier alpha value is -2.88. The second-order valence-corrected chi connectivity index (χ2v) is 10.7. The maximum Gasteiger partial charge on any atom is 0.261 e. The van der Waals surface area contributed by atoms with Crippen molar-refractivity contribution in [3.05, 3.63) is 78.4 Å². The minimum atomic E-state index is -3.65. The molecule has 0 spiro atoms. The number of para-hydroxylation sites is 1. The number of hydrogen-bond donors (Lipinski definition) is 2. The van der Waals surface area contributed by atoms with E-state index in [1.807, 2.05) is 31.2 Å². The lowest BCUT2D eigenvalue weighted by Gasteiger charge is -2.07. The van der Waals surface area contributed by atoms with Gasteiger partial charge in [0.05, 0.1) is 26.6 Å². The van der Waals surface area contributed by atoms with Crippen molar-refractivity contribution in [2.45, 2.75) is 16.2 Å². The van der Waals surface area contributed by atoms with Gasteiger partial charge in [-0.2, -0.15) is 0 Å². The number of thiazole rings is 1. The number of sulfonamides is 1. The molecule has 0 bridgehead atoms. The van der Waals surface area contributed by atoms with Crippen molar-refractivity contribution in [2.75, 3.05) is 15.8 Å². The second kappa shape index (κ2) is 9.09. The van der Waals surface area contributed by atoms with Crippen LogP contribution in [0.2, 0.25) is 0 Å². The van der Waals surface area contributed by atoms with Crippen molar-refractivity contribution in [1.82, 2.24) is 4.98 Å². The Balaban J connectivity index is 1.43. The number of fused-ring (bicyclic) bond motifs is 1. The molecule has 0 saturated carbocycles. The number of amides is 1. The van der Waals surface area contributed by atoms with Crippen molar-refractivity contribution in [1.29, 1.82) is 0 Å². The lowest BCUT2D eigenvalue weighted by molar-refractivity contribution is -0.113. The fraction of sp³-hybridized carbons (Fsp3) is 0.0909. The van der Waals surface area contributed by atoms with Crippen LogP contribution in [-0.4, -0.2) is 25.1 Å². The summed E-state index contributed by atoms with van der Waals surface area (Å²) in [6.07, 6.45) is 0. The third kappa shape index (κ3) is 5.25. The summed E-state index contributed by atoms with van der Waals surface area (Å²) in [6, 6.07) is 21.0. The van der Waals surface area contributed by atoms with Gasteiger partial charge < -0.3 is 5.32 Å². The fourth-order valence-electron chi connectivity index (χ4n) is 2.87. The normalized spacial score (nSPS) is 11.4. The Kier molecular flexibility index (Phi) is 6.26. The second-order valence-electron chi connectivity index (χ2n) is 6.73. The third-order valence-corrected chi connectivity index (χ3v) is 7.98. The molecule has 4 aromatic rings. The molecule has 6 nitrogen and oxygen atoms in total. The smallest absolute Gasteiger partial charge is 0.261 e. The van der Waals surface area contributed by atoms with Crippen molar-refractivity contribution in [3.8, 4) is 0 Å². The van der Waals surface area contributed by atoms with Crippen LogP contribution in [0.25, 0.3) is 10.2 Å². The molecule has 0 aliphatic carbocycles. The van der Waals surface area contributed by atoms with Gasteiger partial charge in [-0.05, 0) is 48.9 Å². The molecule has 3 aromatic carbocycles. The maximum absolute atomic E-state index is 12.5. The van der Waals surface area contributed by atoms with Crippen LogP contribution in [0.5, 0.6) is 0 Å². The first-order valence-electron chi connectivity index (χ1n) is 9.37. The zero-order valence-corrected chi connectivity index (χ0v) is 19.0. The van der Waals surface area contributed by atoms with Gasteiger partial charge in [-0.1, -0.05) is 48.2 Å². The van der Waals surface area contributed by atoms with E-state index < -0.39 is 10.0 Å². The number of hydrogen-bond acceptors (Lipinski definition) is 6. The summed E-state index contributed by atoms with van der Waals surface area (Å²) < 4.78 is 29.2. The van der Waals surface area contributed by atoms with E-state index in [1.54, 1.807) is 48.5 Å². The minimum Gasteiger partial charge on any atom is -0.325 e. The van der Waals surface area contributed by atoms with Gasteiger partial charge in [-0.25, -0.2) is 13.4 Å². The lowest BCUT2D eigenvalue weighted by atomic mass is 10.2. The Morgan fingerprint density at radius 1 is 1.03 bits per heavy atom. The Labute approximate surface area is 188 Å².